The van der Waals surface area contributed by atoms with Crippen LogP contribution in [0.4, 0.5) is 10.1 Å². The molecule has 0 aliphatic carbocycles. The summed E-state index contributed by atoms with van der Waals surface area (Å²) < 4.78 is 38.7. The lowest BCUT2D eigenvalue weighted by Crippen LogP contribution is -2.42. The lowest BCUT2D eigenvalue weighted by Gasteiger charge is -2.30. The first-order chi connectivity index (χ1) is 11.2. The number of piperidine rings is 1. The molecule has 0 saturated carbocycles. The second-order valence-electron chi connectivity index (χ2n) is 5.56. The molecular formula is C15H19FN2O5S. The molecule has 1 aromatic carbocycles. The molecule has 0 unspecified atom stereocenters. The number of carboxylic acid groups (broad SMARTS) is 1. The largest absolute Gasteiger partial charge is 0.478 e. The summed E-state index contributed by atoms with van der Waals surface area (Å²) in [5.41, 5.74) is -0.320. The van der Waals surface area contributed by atoms with Gasteiger partial charge in [0.1, 0.15) is 5.82 Å². The standard InChI is InChI=1S/C15H19FN2O5S/c1-2-24(22,23)18-7-5-10(6-8-18)14(19)17-13-9-11(15(20)21)3-4-12(13)16/h3-4,9-10H,2,5-8H2,1H3,(H,17,19)(H,20,21). The summed E-state index contributed by atoms with van der Waals surface area (Å²) >= 11 is 0. The van der Waals surface area contributed by atoms with Crippen LogP contribution < -0.4 is 5.32 Å². The summed E-state index contributed by atoms with van der Waals surface area (Å²) in [6.45, 7) is 2.05. The summed E-state index contributed by atoms with van der Waals surface area (Å²) in [7, 11) is -3.27. The zero-order valence-electron chi connectivity index (χ0n) is 13.2. The highest BCUT2D eigenvalue weighted by atomic mass is 32.2. The number of aromatic carboxylic acids is 1. The van der Waals surface area contributed by atoms with E-state index in [1.165, 1.54) is 4.31 Å². The Morgan fingerprint density at radius 1 is 1.33 bits per heavy atom. The number of sulfonamides is 1. The van der Waals surface area contributed by atoms with Crippen molar-refractivity contribution in [3.63, 3.8) is 0 Å². The van der Waals surface area contributed by atoms with E-state index in [1.54, 1.807) is 6.92 Å². The van der Waals surface area contributed by atoms with Gasteiger partial charge in [-0.1, -0.05) is 0 Å². The minimum Gasteiger partial charge on any atom is -0.478 e. The number of anilines is 1. The zero-order valence-corrected chi connectivity index (χ0v) is 14.0. The minimum absolute atomic E-state index is 0.0110. The second kappa shape index (κ2) is 7.27. The highest BCUT2D eigenvalue weighted by molar-refractivity contribution is 7.89. The second-order valence-corrected chi connectivity index (χ2v) is 7.82. The number of carbonyl (C=O) groups excluding carboxylic acids is 1. The van der Waals surface area contributed by atoms with E-state index >= 15 is 0 Å². The van der Waals surface area contributed by atoms with Crippen LogP contribution in [0, 0.1) is 11.7 Å². The van der Waals surface area contributed by atoms with Gasteiger partial charge in [0.2, 0.25) is 15.9 Å². The van der Waals surface area contributed by atoms with Gasteiger partial charge >= 0.3 is 5.97 Å². The van der Waals surface area contributed by atoms with Gasteiger partial charge < -0.3 is 10.4 Å². The van der Waals surface area contributed by atoms with E-state index in [0.29, 0.717) is 12.8 Å². The van der Waals surface area contributed by atoms with Crippen molar-refractivity contribution >= 4 is 27.6 Å². The number of carbonyl (C=O) groups is 2. The number of nitrogens with zero attached hydrogens (tertiary/aromatic N) is 1. The van der Waals surface area contributed by atoms with Gasteiger partial charge in [0.25, 0.3) is 0 Å². The normalized spacial score (nSPS) is 16.8. The van der Waals surface area contributed by atoms with Gasteiger partial charge in [-0.3, -0.25) is 4.79 Å². The van der Waals surface area contributed by atoms with E-state index in [0.717, 1.165) is 18.2 Å². The number of nitrogens with one attached hydrogen (secondary N) is 1. The molecule has 2 rings (SSSR count). The molecule has 7 nitrogen and oxygen atoms in total. The van der Waals surface area contributed by atoms with Crippen molar-refractivity contribution in [3.8, 4) is 0 Å². The number of amides is 1. The van der Waals surface area contributed by atoms with Crippen molar-refractivity contribution in [1.82, 2.24) is 4.31 Å². The lowest BCUT2D eigenvalue weighted by atomic mass is 9.97. The zero-order chi connectivity index (χ0) is 17.9. The molecule has 0 spiro atoms. The van der Waals surface area contributed by atoms with Crippen LogP contribution in [0.25, 0.3) is 0 Å². The Morgan fingerprint density at radius 3 is 2.50 bits per heavy atom. The van der Waals surface area contributed by atoms with Crippen LogP contribution in [-0.4, -0.2) is 48.5 Å². The molecule has 1 aliphatic rings. The molecule has 24 heavy (non-hydrogen) atoms. The third-order valence-corrected chi connectivity index (χ3v) is 5.94. The first kappa shape index (κ1) is 18.3. The van der Waals surface area contributed by atoms with Crippen molar-refractivity contribution in [1.29, 1.82) is 0 Å². The molecule has 9 heteroatoms. The maximum atomic E-state index is 13.7. The van der Waals surface area contributed by atoms with E-state index in [2.05, 4.69) is 5.32 Å². The Kier molecular flexibility index (Phi) is 5.55. The minimum atomic E-state index is -3.27. The van der Waals surface area contributed by atoms with Crippen molar-refractivity contribution in [3.05, 3.63) is 29.6 Å². The third-order valence-electron chi connectivity index (χ3n) is 4.05. The van der Waals surface area contributed by atoms with Gasteiger partial charge in [-0.05, 0) is 38.0 Å². The Hall–Kier alpha value is -2.00. The first-order valence-corrected chi connectivity index (χ1v) is 9.17. The summed E-state index contributed by atoms with van der Waals surface area (Å²) in [6.07, 6.45) is 0.677. The molecule has 0 bridgehead atoms. The van der Waals surface area contributed by atoms with E-state index in [4.69, 9.17) is 5.11 Å². The summed E-state index contributed by atoms with van der Waals surface area (Å²) in [6, 6.07) is 3.16. The molecule has 1 saturated heterocycles. The summed E-state index contributed by atoms with van der Waals surface area (Å²) in [5.74, 6) is -2.81. The SMILES string of the molecule is CCS(=O)(=O)N1CCC(C(=O)Nc2cc(C(=O)O)ccc2F)CC1. The average molecular weight is 358 g/mol. The first-order valence-electron chi connectivity index (χ1n) is 7.56. The molecule has 1 aromatic rings. The molecule has 1 aliphatic heterocycles. The Balaban J connectivity index is 2.02. The lowest BCUT2D eigenvalue weighted by molar-refractivity contribution is -0.120. The molecule has 132 valence electrons. The molecule has 1 heterocycles. The van der Waals surface area contributed by atoms with Crippen molar-refractivity contribution in [2.45, 2.75) is 19.8 Å². The number of benzene rings is 1. The Morgan fingerprint density at radius 2 is 1.96 bits per heavy atom. The van der Waals surface area contributed by atoms with Crippen molar-refractivity contribution in [2.24, 2.45) is 5.92 Å². The van der Waals surface area contributed by atoms with Crippen LogP contribution in [0.1, 0.15) is 30.1 Å². The average Bonchev–Trinajstić information content (AvgIpc) is 2.56. The maximum Gasteiger partial charge on any atom is 0.335 e. The van der Waals surface area contributed by atoms with E-state index < -0.39 is 33.6 Å². The van der Waals surface area contributed by atoms with Crippen LogP contribution in [-0.2, 0) is 14.8 Å². The van der Waals surface area contributed by atoms with Gasteiger partial charge in [0.05, 0.1) is 17.0 Å². The van der Waals surface area contributed by atoms with E-state index in [-0.39, 0.29) is 30.1 Å². The predicted octanol–water partition coefficient (Wildman–Crippen LogP) is 1.52. The van der Waals surface area contributed by atoms with Gasteiger partial charge in [-0.2, -0.15) is 0 Å². The topological polar surface area (TPSA) is 104 Å². The predicted molar refractivity (Wildman–Crippen MR) is 85.7 cm³/mol. The van der Waals surface area contributed by atoms with Crippen LogP contribution in [0.15, 0.2) is 18.2 Å². The molecule has 2 N–H and O–H groups in total. The van der Waals surface area contributed by atoms with Gasteiger partial charge in [0.15, 0.2) is 0 Å². The number of halogens is 1. The fourth-order valence-corrected chi connectivity index (χ4v) is 3.70. The molecule has 1 fully saturated rings. The smallest absolute Gasteiger partial charge is 0.335 e. The number of hydrogen-bond donors (Lipinski definition) is 2. The van der Waals surface area contributed by atoms with Gasteiger partial charge in [0, 0.05) is 19.0 Å². The summed E-state index contributed by atoms with van der Waals surface area (Å²) in [4.78, 5) is 23.1. The Labute approximate surface area is 139 Å². The van der Waals surface area contributed by atoms with E-state index in [9.17, 15) is 22.4 Å². The fourth-order valence-electron chi connectivity index (χ4n) is 2.57. The number of carboxylic acids is 1. The maximum absolute atomic E-state index is 13.7. The third kappa shape index (κ3) is 4.09. The molecular weight excluding hydrogens is 339 g/mol. The molecule has 0 aromatic heterocycles. The van der Waals surface area contributed by atoms with E-state index in [1.807, 2.05) is 0 Å². The fraction of sp³-hybridized carbons (Fsp3) is 0.467. The van der Waals surface area contributed by atoms with Crippen LogP contribution >= 0.6 is 0 Å². The molecule has 0 radical (unpaired) electrons. The highest BCUT2D eigenvalue weighted by Gasteiger charge is 2.30. The van der Waals surface area contributed by atoms with Crippen LogP contribution in [0.3, 0.4) is 0 Å². The van der Waals surface area contributed by atoms with Crippen LogP contribution in [0.5, 0.6) is 0 Å². The molecule has 0 atom stereocenters. The van der Waals surface area contributed by atoms with Crippen molar-refractivity contribution < 1.29 is 27.5 Å². The van der Waals surface area contributed by atoms with Gasteiger partial charge in [-0.25, -0.2) is 21.9 Å². The van der Waals surface area contributed by atoms with Crippen molar-refractivity contribution in [2.75, 3.05) is 24.2 Å². The Bertz CT molecular complexity index is 742. The summed E-state index contributed by atoms with van der Waals surface area (Å²) in [5, 5.41) is 11.3. The quantitative estimate of drug-likeness (QED) is 0.831. The van der Waals surface area contributed by atoms with Gasteiger partial charge in [-0.15, -0.1) is 0 Å². The highest BCUT2D eigenvalue weighted by Crippen LogP contribution is 2.23. The number of hydrogen-bond acceptors (Lipinski definition) is 4. The molecule has 1 amide bonds. The monoisotopic (exact) mass is 358 g/mol. The number of rotatable bonds is 5. The van der Waals surface area contributed by atoms with Crippen LogP contribution in [0.2, 0.25) is 0 Å².